The number of nitrogens with zero attached hydrogens (tertiary/aromatic N) is 3. The molecule has 2 aromatic rings. The zero-order valence-electron chi connectivity index (χ0n) is 14.7. The summed E-state index contributed by atoms with van der Waals surface area (Å²) in [5, 5.41) is 28.6. The molecule has 0 aliphatic carbocycles. The maximum absolute atomic E-state index is 11.3. The molecular formula is C19H19N3O5. The largest absolute Gasteiger partial charge is 0.460 e. The number of ether oxygens (including phenoxy) is 1. The van der Waals surface area contributed by atoms with E-state index in [1.54, 1.807) is 31.2 Å². The summed E-state index contributed by atoms with van der Waals surface area (Å²) in [5.74, 6) is -0.531. The fraction of sp³-hybridized carbons (Fsp3) is 0.211. The van der Waals surface area contributed by atoms with Crippen LogP contribution in [-0.4, -0.2) is 28.7 Å². The highest BCUT2D eigenvalue weighted by atomic mass is 16.6. The fourth-order valence-electron chi connectivity index (χ4n) is 2.08. The Kier molecular flexibility index (Phi) is 6.90. The van der Waals surface area contributed by atoms with Crippen molar-refractivity contribution in [1.29, 1.82) is 0 Å². The number of esters is 1. The number of hydrogen-bond acceptors (Lipinski definition) is 7. The molecule has 0 spiro atoms. The van der Waals surface area contributed by atoms with Crippen LogP contribution in [0.4, 0.5) is 17.1 Å². The molecule has 2 rings (SSSR count). The molecule has 27 heavy (non-hydrogen) atoms. The van der Waals surface area contributed by atoms with Crippen LogP contribution in [0.2, 0.25) is 0 Å². The van der Waals surface area contributed by atoms with Crippen molar-refractivity contribution in [3.05, 3.63) is 76.4 Å². The number of rotatable bonds is 8. The zero-order chi connectivity index (χ0) is 19.8. The van der Waals surface area contributed by atoms with E-state index in [2.05, 4.69) is 16.8 Å². The first-order valence-corrected chi connectivity index (χ1v) is 8.11. The summed E-state index contributed by atoms with van der Waals surface area (Å²) >= 11 is 0. The van der Waals surface area contributed by atoms with E-state index in [1.807, 2.05) is 0 Å². The van der Waals surface area contributed by atoms with Gasteiger partial charge in [-0.1, -0.05) is 18.7 Å². The SMILES string of the molecule is C=C(C)C(=O)OCC(O)Cc1ccc(N=Nc2ccc([N+](=O)[O-])cc2)cc1. The summed E-state index contributed by atoms with van der Waals surface area (Å²) in [7, 11) is 0. The van der Waals surface area contributed by atoms with Gasteiger partial charge in [-0.25, -0.2) is 4.79 Å². The molecule has 1 unspecified atom stereocenters. The number of nitro benzene ring substituents is 1. The lowest BCUT2D eigenvalue weighted by Gasteiger charge is -2.11. The van der Waals surface area contributed by atoms with Gasteiger partial charge in [-0.2, -0.15) is 10.2 Å². The molecule has 0 amide bonds. The van der Waals surface area contributed by atoms with Crippen molar-refractivity contribution < 1.29 is 19.6 Å². The summed E-state index contributed by atoms with van der Waals surface area (Å²) in [6, 6.07) is 12.8. The monoisotopic (exact) mass is 369 g/mol. The highest BCUT2D eigenvalue weighted by Crippen LogP contribution is 2.21. The first kappa shape index (κ1) is 19.9. The van der Waals surface area contributed by atoms with Gasteiger partial charge in [0.25, 0.3) is 5.69 Å². The minimum absolute atomic E-state index is 0.00853. The highest BCUT2D eigenvalue weighted by Gasteiger charge is 2.10. The quantitative estimate of drug-likeness (QED) is 0.248. The van der Waals surface area contributed by atoms with E-state index in [4.69, 9.17) is 4.74 Å². The maximum Gasteiger partial charge on any atom is 0.333 e. The highest BCUT2D eigenvalue weighted by molar-refractivity contribution is 5.86. The predicted octanol–water partition coefficient (Wildman–Crippen LogP) is 4.03. The molecule has 0 saturated carbocycles. The van der Waals surface area contributed by atoms with Gasteiger partial charge in [0.05, 0.1) is 22.4 Å². The van der Waals surface area contributed by atoms with Gasteiger partial charge in [-0.15, -0.1) is 0 Å². The third kappa shape index (κ3) is 6.44. The molecule has 0 saturated heterocycles. The van der Waals surface area contributed by atoms with Gasteiger partial charge in [0.2, 0.25) is 0 Å². The fourth-order valence-corrected chi connectivity index (χ4v) is 2.08. The van der Waals surface area contributed by atoms with Crippen molar-refractivity contribution in [2.75, 3.05) is 6.61 Å². The lowest BCUT2D eigenvalue weighted by Crippen LogP contribution is -2.21. The predicted molar refractivity (Wildman–Crippen MR) is 99.2 cm³/mol. The molecule has 0 aliphatic heterocycles. The average Bonchev–Trinajstić information content (AvgIpc) is 2.65. The van der Waals surface area contributed by atoms with Crippen molar-refractivity contribution in [3.63, 3.8) is 0 Å². The van der Waals surface area contributed by atoms with Crippen LogP contribution in [0.15, 0.2) is 70.9 Å². The maximum atomic E-state index is 11.3. The first-order valence-electron chi connectivity index (χ1n) is 8.11. The minimum atomic E-state index is -0.819. The van der Waals surface area contributed by atoms with Crippen LogP contribution in [0.5, 0.6) is 0 Å². The Labute approximate surface area is 156 Å². The number of carbonyl (C=O) groups is 1. The third-order valence-corrected chi connectivity index (χ3v) is 3.50. The van der Waals surface area contributed by atoms with Gasteiger partial charge in [0, 0.05) is 24.1 Å². The van der Waals surface area contributed by atoms with Crippen LogP contribution >= 0.6 is 0 Å². The van der Waals surface area contributed by atoms with Crippen molar-refractivity contribution in [2.24, 2.45) is 10.2 Å². The summed E-state index contributed by atoms with van der Waals surface area (Å²) in [4.78, 5) is 21.4. The Morgan fingerprint density at radius 1 is 1.15 bits per heavy atom. The molecule has 0 aromatic heterocycles. The van der Waals surface area contributed by atoms with E-state index in [1.165, 1.54) is 24.3 Å². The second-order valence-electron chi connectivity index (χ2n) is 5.88. The van der Waals surface area contributed by atoms with Crippen LogP contribution in [0.3, 0.4) is 0 Å². The lowest BCUT2D eigenvalue weighted by atomic mass is 10.1. The van der Waals surface area contributed by atoms with Crippen molar-refractivity contribution >= 4 is 23.0 Å². The Balaban J connectivity index is 1.89. The number of hydrogen-bond donors (Lipinski definition) is 1. The second kappa shape index (κ2) is 9.35. The number of non-ortho nitro benzene ring substituents is 1. The third-order valence-electron chi connectivity index (χ3n) is 3.50. The molecule has 0 aliphatic rings. The molecule has 0 heterocycles. The molecule has 0 radical (unpaired) electrons. The summed E-state index contributed by atoms with van der Waals surface area (Å²) in [5.41, 5.74) is 2.22. The van der Waals surface area contributed by atoms with Crippen LogP contribution < -0.4 is 0 Å². The Bertz CT molecular complexity index is 845. The van der Waals surface area contributed by atoms with E-state index in [0.717, 1.165) is 5.56 Å². The lowest BCUT2D eigenvalue weighted by molar-refractivity contribution is -0.384. The molecule has 1 N–H and O–H groups in total. The first-order chi connectivity index (χ1) is 12.8. The molecule has 0 fully saturated rings. The summed E-state index contributed by atoms with van der Waals surface area (Å²) in [6.45, 7) is 4.91. The van der Waals surface area contributed by atoms with Gasteiger partial charge in [-0.05, 0) is 36.8 Å². The number of benzene rings is 2. The molecule has 8 nitrogen and oxygen atoms in total. The normalized spacial score (nSPS) is 11.9. The standard InChI is InChI=1S/C19H19N3O5/c1-13(2)19(24)27-12-18(23)11-14-3-5-15(6-4-14)20-21-16-7-9-17(10-8-16)22(25)26/h3-10,18,23H,1,11-12H2,2H3. The molecular weight excluding hydrogens is 350 g/mol. The number of carbonyl (C=O) groups excluding carboxylic acids is 1. The number of nitro groups is 1. The smallest absolute Gasteiger partial charge is 0.333 e. The molecule has 140 valence electrons. The molecule has 1 atom stereocenters. The van der Waals surface area contributed by atoms with Crippen LogP contribution in [0.25, 0.3) is 0 Å². The molecule has 8 heteroatoms. The minimum Gasteiger partial charge on any atom is -0.460 e. The molecule has 0 bridgehead atoms. The van der Waals surface area contributed by atoms with Gasteiger partial charge >= 0.3 is 5.97 Å². The van der Waals surface area contributed by atoms with E-state index in [0.29, 0.717) is 17.8 Å². The van der Waals surface area contributed by atoms with Crippen LogP contribution in [-0.2, 0) is 16.0 Å². The topological polar surface area (TPSA) is 114 Å². The van der Waals surface area contributed by atoms with Gasteiger partial charge in [-0.3, -0.25) is 10.1 Å². The average molecular weight is 369 g/mol. The summed E-state index contributed by atoms with van der Waals surface area (Å²) < 4.78 is 4.91. The van der Waals surface area contributed by atoms with E-state index in [9.17, 15) is 20.0 Å². The van der Waals surface area contributed by atoms with Gasteiger partial charge in [0.15, 0.2) is 0 Å². The van der Waals surface area contributed by atoms with Crippen LogP contribution in [0.1, 0.15) is 12.5 Å². The number of aliphatic hydroxyl groups excluding tert-OH is 1. The van der Waals surface area contributed by atoms with Crippen molar-refractivity contribution in [1.82, 2.24) is 0 Å². The van der Waals surface area contributed by atoms with E-state index < -0.39 is 17.0 Å². The Morgan fingerprint density at radius 3 is 2.15 bits per heavy atom. The van der Waals surface area contributed by atoms with Crippen LogP contribution in [0, 0.1) is 10.1 Å². The van der Waals surface area contributed by atoms with Gasteiger partial charge in [0.1, 0.15) is 6.61 Å². The van der Waals surface area contributed by atoms with Crippen molar-refractivity contribution in [3.8, 4) is 0 Å². The van der Waals surface area contributed by atoms with Gasteiger partial charge < -0.3 is 9.84 Å². The van der Waals surface area contributed by atoms with E-state index >= 15 is 0 Å². The summed E-state index contributed by atoms with van der Waals surface area (Å²) in [6.07, 6.45) is -0.496. The van der Waals surface area contributed by atoms with Crippen molar-refractivity contribution in [2.45, 2.75) is 19.4 Å². The molecule has 2 aromatic carbocycles. The number of aliphatic hydroxyl groups is 1. The second-order valence-corrected chi connectivity index (χ2v) is 5.88. The van der Waals surface area contributed by atoms with E-state index in [-0.39, 0.29) is 17.9 Å². The Hall–Kier alpha value is -3.39. The zero-order valence-corrected chi connectivity index (χ0v) is 14.7. The Morgan fingerprint density at radius 2 is 1.67 bits per heavy atom. The number of azo groups is 1.